The van der Waals surface area contributed by atoms with E-state index in [-0.39, 0.29) is 29.7 Å². The number of piperazine rings is 1. The van der Waals surface area contributed by atoms with Crippen LogP contribution in [0.1, 0.15) is 77.1 Å². The summed E-state index contributed by atoms with van der Waals surface area (Å²) in [6.45, 7) is 5.42. The second-order valence-corrected chi connectivity index (χ2v) is 21.9. The second kappa shape index (κ2) is 20.3. The number of ether oxygens (including phenoxy) is 1. The number of amides is 4. The summed E-state index contributed by atoms with van der Waals surface area (Å²) in [4.78, 5) is 67.9. The number of piperidine rings is 2. The average Bonchev–Trinajstić information content (AvgIpc) is 4.11. The Bertz CT molecular complexity index is 3000. The Morgan fingerprint density at radius 3 is 2.21 bits per heavy atom. The van der Waals surface area contributed by atoms with Crippen LogP contribution in [0, 0.1) is 11.7 Å². The fraction of sp³-hybridized carbons (Fsp3) is 0.420. The number of fused-ring (bicyclic) bond motifs is 1. The number of hydrogen-bond donors (Lipinski definition) is 3. The number of carbonyl (C=O) groups is 4. The van der Waals surface area contributed by atoms with E-state index in [0.29, 0.717) is 63.6 Å². The van der Waals surface area contributed by atoms with Crippen LogP contribution in [0.5, 0.6) is 5.75 Å². The minimum atomic E-state index is -3.63. The molecule has 4 amide bonds. The van der Waals surface area contributed by atoms with Crippen LogP contribution in [-0.4, -0.2) is 126 Å². The van der Waals surface area contributed by atoms with Crippen molar-refractivity contribution in [2.75, 3.05) is 87.6 Å². The van der Waals surface area contributed by atoms with Gasteiger partial charge in [0, 0.05) is 102 Å². The van der Waals surface area contributed by atoms with Crippen molar-refractivity contribution >= 4 is 87.0 Å². The summed E-state index contributed by atoms with van der Waals surface area (Å²) in [6.07, 6.45) is 10.4. The Morgan fingerprint density at radius 2 is 1.54 bits per heavy atom. The summed E-state index contributed by atoms with van der Waals surface area (Å²) in [5.74, 6) is -0.921. The van der Waals surface area contributed by atoms with Crippen LogP contribution in [0.15, 0.2) is 65.5 Å². The number of hydrogen-bond acceptors (Lipinski definition) is 16. The predicted molar refractivity (Wildman–Crippen MR) is 272 cm³/mol. The van der Waals surface area contributed by atoms with Gasteiger partial charge >= 0.3 is 7.60 Å². The first-order valence-electron chi connectivity index (χ1n) is 24.1. The molecule has 3 aromatic carbocycles. The number of aryl methyl sites for hydroxylation is 1. The van der Waals surface area contributed by atoms with Gasteiger partial charge in [-0.05, 0) is 109 Å². The number of carbonyl (C=O) groups excluding carboxylic acids is 4. The van der Waals surface area contributed by atoms with Crippen LogP contribution in [0.2, 0.25) is 0 Å². The van der Waals surface area contributed by atoms with Crippen LogP contribution in [-0.2, 0) is 30.2 Å². The number of methoxy groups -OCH3 is 1. The highest BCUT2D eigenvalue weighted by atomic mass is 79.9. The van der Waals surface area contributed by atoms with Crippen molar-refractivity contribution in [2.45, 2.75) is 56.9 Å². The molecule has 0 bridgehead atoms. The van der Waals surface area contributed by atoms with Gasteiger partial charge in [-0.2, -0.15) is 10.1 Å². The van der Waals surface area contributed by atoms with Crippen molar-refractivity contribution in [1.29, 1.82) is 0 Å². The minimum Gasteiger partial charge on any atom is -0.494 e. The molecular weight excluding hydrogens is 1010 g/mol. The van der Waals surface area contributed by atoms with E-state index < -0.39 is 43.1 Å². The van der Waals surface area contributed by atoms with Gasteiger partial charge in [0.2, 0.25) is 17.8 Å². The SMILES string of the molecule is COc1cc(N2CCN(CCC3CCN(c4cc5c(cc4F)C(=O)N(C4CCC(=O)NC4=O)C5=O)CC3)CC2)c(-c2cnn(C)c2)cc1Nc1ncc(Br)c(Nc2ccc(C3CC3)cc2P(=O)(OC)OC)n1. The van der Waals surface area contributed by atoms with Gasteiger partial charge in [-0.15, -0.1) is 0 Å². The Labute approximate surface area is 424 Å². The van der Waals surface area contributed by atoms with E-state index >= 15 is 4.39 Å². The van der Waals surface area contributed by atoms with Crippen molar-refractivity contribution < 1.29 is 41.9 Å². The van der Waals surface area contributed by atoms with Crippen molar-refractivity contribution in [3.05, 3.63) is 88.0 Å². The van der Waals surface area contributed by atoms with Gasteiger partial charge in [0.25, 0.3) is 11.8 Å². The molecule has 5 aliphatic rings. The molecular formula is C50H56BrFN11O8P. The van der Waals surface area contributed by atoms with Crippen LogP contribution < -0.4 is 35.8 Å². The highest BCUT2D eigenvalue weighted by molar-refractivity contribution is 9.10. The van der Waals surface area contributed by atoms with Gasteiger partial charge < -0.3 is 34.2 Å². The predicted octanol–water partition coefficient (Wildman–Crippen LogP) is 7.09. The van der Waals surface area contributed by atoms with Crippen molar-refractivity contribution in [2.24, 2.45) is 13.0 Å². The second-order valence-electron chi connectivity index (χ2n) is 18.9. The number of rotatable bonds is 16. The average molecular weight is 1070 g/mol. The third-order valence-electron chi connectivity index (χ3n) is 14.5. The summed E-state index contributed by atoms with van der Waals surface area (Å²) in [6, 6.07) is 11.3. The van der Waals surface area contributed by atoms with Gasteiger partial charge in [0.05, 0.1) is 51.3 Å². The standard InChI is InChI=1S/C50H56BrFN11O8P/c1-59-28-32(26-54-59)33-23-39(56-50-53-27-36(51)46(58-50)55-38-8-7-31(30-5-6-30)21-44(38)72(68,70-3)71-4)43(69-2)25-41(33)62-19-17-60(18-20-62)14-11-29-12-15-61(16-13-29)42-24-35-34(22-37(42)52)48(66)63(49(35)67)40-9-10-45(64)57-47(40)65/h7-8,21-30,40H,5-6,9-20H2,1-4H3,(H,57,64,65)(H2,53,55,56,58). The van der Waals surface area contributed by atoms with Crippen molar-refractivity contribution in [3.8, 4) is 16.9 Å². The molecule has 3 saturated heterocycles. The molecule has 1 saturated carbocycles. The van der Waals surface area contributed by atoms with E-state index in [9.17, 15) is 23.7 Å². The van der Waals surface area contributed by atoms with Gasteiger partial charge in [-0.25, -0.2) is 9.37 Å². The lowest BCUT2D eigenvalue weighted by Gasteiger charge is -2.39. The molecule has 0 spiro atoms. The zero-order valence-electron chi connectivity index (χ0n) is 40.5. The van der Waals surface area contributed by atoms with E-state index in [2.05, 4.69) is 51.8 Å². The molecule has 1 aliphatic carbocycles. The monoisotopic (exact) mass is 1070 g/mol. The molecule has 10 rings (SSSR count). The molecule has 0 radical (unpaired) electrons. The first-order valence-corrected chi connectivity index (χ1v) is 26.5. The zero-order chi connectivity index (χ0) is 50.4. The number of halogens is 2. The summed E-state index contributed by atoms with van der Waals surface area (Å²) in [5.41, 5.74) is 5.45. The number of nitrogens with zero attached hydrogens (tertiary/aromatic N) is 8. The zero-order valence-corrected chi connectivity index (χ0v) is 42.9. The topological polar surface area (TPSA) is 206 Å². The Morgan fingerprint density at radius 1 is 0.819 bits per heavy atom. The number of anilines is 6. The number of benzene rings is 3. The Balaban J connectivity index is 0.780. The number of imide groups is 2. The third-order valence-corrected chi connectivity index (χ3v) is 17.0. The molecule has 378 valence electrons. The minimum absolute atomic E-state index is 0.0106. The summed E-state index contributed by atoms with van der Waals surface area (Å²) in [5, 5.41) is 13.8. The van der Waals surface area contributed by atoms with Crippen LogP contribution in [0.3, 0.4) is 0 Å². The maximum Gasteiger partial charge on any atom is 0.362 e. The maximum absolute atomic E-state index is 15.6. The summed E-state index contributed by atoms with van der Waals surface area (Å²) in [7, 11) is 2.64. The molecule has 72 heavy (non-hydrogen) atoms. The van der Waals surface area contributed by atoms with E-state index in [1.54, 1.807) is 18.0 Å². The molecule has 1 unspecified atom stereocenters. The third kappa shape index (κ3) is 9.84. The maximum atomic E-state index is 15.6. The first kappa shape index (κ1) is 49.3. The smallest absolute Gasteiger partial charge is 0.362 e. The van der Waals surface area contributed by atoms with Gasteiger partial charge in [0.15, 0.2) is 0 Å². The highest BCUT2D eigenvalue weighted by Crippen LogP contribution is 2.50. The largest absolute Gasteiger partial charge is 0.494 e. The van der Waals surface area contributed by atoms with Gasteiger partial charge in [-0.1, -0.05) is 6.07 Å². The van der Waals surface area contributed by atoms with Crippen molar-refractivity contribution in [1.82, 2.24) is 34.9 Å². The van der Waals surface area contributed by atoms with Crippen LogP contribution in [0.25, 0.3) is 11.1 Å². The Kier molecular flexibility index (Phi) is 13.9. The normalized spacial score (nSPS) is 19.0. The summed E-state index contributed by atoms with van der Waals surface area (Å²) < 4.78 is 48.6. The molecule has 6 heterocycles. The molecule has 19 nitrogen and oxygen atoms in total. The van der Waals surface area contributed by atoms with Gasteiger partial charge in [0.1, 0.15) is 23.4 Å². The van der Waals surface area contributed by atoms with E-state index in [1.165, 1.54) is 20.3 Å². The number of nitrogens with one attached hydrogen (secondary N) is 3. The lowest BCUT2D eigenvalue weighted by molar-refractivity contribution is -0.136. The van der Waals surface area contributed by atoms with E-state index in [1.807, 2.05) is 54.7 Å². The van der Waals surface area contributed by atoms with Crippen LogP contribution >= 0.6 is 23.5 Å². The summed E-state index contributed by atoms with van der Waals surface area (Å²) >= 11 is 3.59. The van der Waals surface area contributed by atoms with E-state index in [0.717, 1.165) is 98.2 Å². The fourth-order valence-electron chi connectivity index (χ4n) is 10.2. The Hall–Kier alpha value is -6.25. The lowest BCUT2D eigenvalue weighted by atomic mass is 9.92. The quantitative estimate of drug-likeness (QED) is 0.0666. The molecule has 3 N–H and O–H groups in total. The molecule has 5 aromatic rings. The first-order chi connectivity index (χ1) is 34.7. The molecule has 22 heteroatoms. The fourth-order valence-corrected chi connectivity index (χ4v) is 11.8. The lowest BCUT2D eigenvalue weighted by Crippen LogP contribution is -2.54. The van der Waals surface area contributed by atoms with Crippen molar-refractivity contribution in [3.63, 3.8) is 0 Å². The molecule has 1 atom stereocenters. The highest BCUT2D eigenvalue weighted by Gasteiger charge is 2.45. The van der Waals surface area contributed by atoms with E-state index in [4.69, 9.17) is 18.8 Å². The molecule has 2 aromatic heterocycles. The van der Waals surface area contributed by atoms with Crippen LogP contribution in [0.4, 0.5) is 38.9 Å². The van der Waals surface area contributed by atoms with Gasteiger partial charge in [-0.3, -0.25) is 43.5 Å². The number of aromatic nitrogens is 4. The molecule has 4 fully saturated rings. The molecule has 4 aliphatic heterocycles.